The maximum Gasteiger partial charge on any atom is 0.205 e. The Morgan fingerprint density at radius 2 is 2.22 bits per heavy atom. The van der Waals surface area contributed by atoms with Crippen molar-refractivity contribution in [2.75, 3.05) is 0 Å². The Kier molecular flexibility index (Phi) is 2.40. The zero-order valence-electron chi connectivity index (χ0n) is 9.79. The monoisotopic (exact) mass is 241 g/mol. The summed E-state index contributed by atoms with van der Waals surface area (Å²) < 4.78 is 1.78. The van der Waals surface area contributed by atoms with Crippen molar-refractivity contribution in [1.82, 2.24) is 25.0 Å². The highest BCUT2D eigenvalue weighted by molar-refractivity contribution is 5.96. The number of carbonyl (C=O) groups is 1. The normalized spacial score (nSPS) is 10.9. The molecule has 0 saturated heterocycles. The molecule has 0 unspecified atom stereocenters. The van der Waals surface area contributed by atoms with Crippen molar-refractivity contribution in [3.63, 3.8) is 0 Å². The van der Waals surface area contributed by atoms with E-state index in [0.29, 0.717) is 0 Å². The van der Waals surface area contributed by atoms with E-state index in [-0.39, 0.29) is 18.0 Å². The molecule has 6 nitrogen and oxygen atoms in total. The van der Waals surface area contributed by atoms with Crippen LogP contribution in [0.4, 0.5) is 0 Å². The molecule has 0 bridgehead atoms. The van der Waals surface area contributed by atoms with Gasteiger partial charge in [-0.1, -0.05) is 18.2 Å². The molecule has 0 atom stereocenters. The van der Waals surface area contributed by atoms with Gasteiger partial charge in [0.25, 0.3) is 0 Å². The molecule has 0 amide bonds. The number of nitrogens with one attached hydrogen (secondary N) is 1. The zero-order chi connectivity index (χ0) is 12.5. The predicted molar refractivity (Wildman–Crippen MR) is 65.1 cm³/mol. The summed E-state index contributed by atoms with van der Waals surface area (Å²) in [6.45, 7) is 0. The number of nitrogens with zero attached hydrogens (tertiary/aromatic N) is 4. The first-order chi connectivity index (χ1) is 8.75. The molecule has 90 valence electrons. The lowest BCUT2D eigenvalue weighted by atomic mass is 10.1. The maximum atomic E-state index is 11.9. The van der Waals surface area contributed by atoms with Gasteiger partial charge in [0.1, 0.15) is 6.33 Å². The van der Waals surface area contributed by atoms with Crippen molar-refractivity contribution >= 4 is 16.7 Å². The second-order valence-electron chi connectivity index (χ2n) is 4.02. The quantitative estimate of drug-likeness (QED) is 0.697. The molecule has 6 heteroatoms. The van der Waals surface area contributed by atoms with Crippen LogP contribution in [-0.4, -0.2) is 30.7 Å². The summed E-state index contributed by atoms with van der Waals surface area (Å²) in [6, 6.07) is 7.83. The third kappa shape index (κ3) is 1.67. The summed E-state index contributed by atoms with van der Waals surface area (Å²) in [6.07, 6.45) is 1.54. The fraction of sp³-hybridized carbons (Fsp3) is 0.167. The molecule has 0 saturated carbocycles. The number of ketones is 1. The Bertz CT molecular complexity index is 698. The summed E-state index contributed by atoms with van der Waals surface area (Å²) >= 11 is 0. The van der Waals surface area contributed by atoms with Gasteiger partial charge < -0.3 is 0 Å². The number of benzene rings is 1. The lowest BCUT2D eigenvalue weighted by molar-refractivity contribution is 0.0982. The average molecular weight is 241 g/mol. The van der Waals surface area contributed by atoms with Gasteiger partial charge in [-0.25, -0.2) is 4.98 Å². The number of rotatable bonds is 3. The Morgan fingerprint density at radius 3 is 3.00 bits per heavy atom. The van der Waals surface area contributed by atoms with Crippen LogP contribution in [0.15, 0.2) is 30.6 Å². The topological polar surface area (TPSA) is 76.5 Å². The maximum absolute atomic E-state index is 11.9. The number of aromatic nitrogens is 5. The smallest absolute Gasteiger partial charge is 0.205 e. The van der Waals surface area contributed by atoms with Crippen LogP contribution < -0.4 is 0 Å². The highest BCUT2D eigenvalue weighted by atomic mass is 16.1. The first kappa shape index (κ1) is 10.6. The lowest BCUT2D eigenvalue weighted by Gasteiger charge is -1.94. The fourth-order valence-corrected chi connectivity index (χ4v) is 1.99. The summed E-state index contributed by atoms with van der Waals surface area (Å²) in [5.41, 5.74) is 1.77. The van der Waals surface area contributed by atoms with Crippen LogP contribution >= 0.6 is 0 Å². The van der Waals surface area contributed by atoms with Gasteiger partial charge in [0.15, 0.2) is 5.82 Å². The van der Waals surface area contributed by atoms with Crippen LogP contribution in [0.3, 0.4) is 0 Å². The Hall–Kier alpha value is -2.50. The largest absolute Gasteiger partial charge is 0.290 e. The van der Waals surface area contributed by atoms with E-state index in [2.05, 4.69) is 20.3 Å². The molecule has 0 aliphatic rings. The highest BCUT2D eigenvalue weighted by Crippen LogP contribution is 2.18. The number of fused-ring (bicyclic) bond motifs is 1. The lowest BCUT2D eigenvalue weighted by Crippen LogP contribution is -2.07. The molecule has 18 heavy (non-hydrogen) atoms. The van der Waals surface area contributed by atoms with Crippen molar-refractivity contribution < 1.29 is 4.79 Å². The van der Waals surface area contributed by atoms with E-state index < -0.39 is 0 Å². The number of carbonyl (C=O) groups excluding carboxylic acids is 1. The summed E-state index contributed by atoms with van der Waals surface area (Å²) in [5, 5.41) is 11.6. The first-order valence-electron chi connectivity index (χ1n) is 5.55. The van der Waals surface area contributed by atoms with Gasteiger partial charge in [-0.15, -0.1) is 0 Å². The van der Waals surface area contributed by atoms with Crippen LogP contribution in [-0.2, 0) is 13.5 Å². The molecule has 0 radical (unpaired) electrons. The van der Waals surface area contributed by atoms with Crippen molar-refractivity contribution in [2.45, 2.75) is 6.42 Å². The van der Waals surface area contributed by atoms with E-state index in [1.165, 1.54) is 6.33 Å². The number of hydrogen-bond acceptors (Lipinski definition) is 4. The van der Waals surface area contributed by atoms with Crippen LogP contribution in [0.5, 0.6) is 0 Å². The Balaban J connectivity index is 1.98. The Labute approximate surface area is 103 Å². The van der Waals surface area contributed by atoms with Gasteiger partial charge in [-0.05, 0) is 6.07 Å². The number of hydrogen-bond donors (Lipinski definition) is 1. The van der Waals surface area contributed by atoms with Gasteiger partial charge in [-0.3, -0.25) is 14.6 Å². The minimum absolute atomic E-state index is 0.114. The first-order valence-corrected chi connectivity index (χ1v) is 5.55. The molecule has 0 fully saturated rings. The van der Waals surface area contributed by atoms with E-state index in [1.807, 2.05) is 31.3 Å². The fourth-order valence-electron chi connectivity index (χ4n) is 1.99. The van der Waals surface area contributed by atoms with E-state index >= 15 is 0 Å². The minimum atomic E-state index is -0.114. The highest BCUT2D eigenvalue weighted by Gasteiger charge is 2.15. The van der Waals surface area contributed by atoms with Gasteiger partial charge >= 0.3 is 0 Å². The number of aryl methyl sites for hydroxylation is 1. The molecule has 0 spiro atoms. The number of aromatic amines is 1. The van der Waals surface area contributed by atoms with Gasteiger partial charge in [0, 0.05) is 12.4 Å². The van der Waals surface area contributed by atoms with Crippen molar-refractivity contribution in [2.24, 2.45) is 7.05 Å². The standard InChI is InChI=1S/C12H11N5O/c1-17-10-5-3-2-4-8(10)9(16-17)6-11(18)12-13-7-14-15-12/h2-5,7H,6H2,1H3,(H,13,14,15). The molecular formula is C12H11N5O. The number of H-pyrrole nitrogens is 1. The van der Waals surface area contributed by atoms with Gasteiger partial charge in [0.2, 0.25) is 5.78 Å². The van der Waals surface area contributed by atoms with Crippen molar-refractivity contribution in [3.8, 4) is 0 Å². The van der Waals surface area contributed by atoms with Crippen LogP contribution in [0.1, 0.15) is 16.3 Å². The third-order valence-electron chi connectivity index (χ3n) is 2.84. The van der Waals surface area contributed by atoms with E-state index in [9.17, 15) is 4.79 Å². The number of para-hydroxylation sites is 1. The van der Waals surface area contributed by atoms with E-state index in [1.54, 1.807) is 4.68 Å². The van der Waals surface area contributed by atoms with Crippen LogP contribution in [0.2, 0.25) is 0 Å². The predicted octanol–water partition coefficient (Wildman–Crippen LogP) is 1.12. The summed E-state index contributed by atoms with van der Waals surface area (Å²) in [4.78, 5) is 15.8. The van der Waals surface area contributed by atoms with Gasteiger partial charge in [-0.2, -0.15) is 10.2 Å². The molecule has 0 aliphatic heterocycles. The third-order valence-corrected chi connectivity index (χ3v) is 2.84. The van der Waals surface area contributed by atoms with E-state index in [4.69, 9.17) is 0 Å². The molecule has 2 aromatic heterocycles. The Morgan fingerprint density at radius 1 is 1.39 bits per heavy atom. The molecular weight excluding hydrogens is 230 g/mol. The molecule has 1 N–H and O–H groups in total. The molecule has 3 aromatic rings. The molecule has 0 aliphatic carbocycles. The van der Waals surface area contributed by atoms with Crippen LogP contribution in [0, 0.1) is 0 Å². The van der Waals surface area contributed by atoms with Gasteiger partial charge in [0.05, 0.1) is 17.6 Å². The van der Waals surface area contributed by atoms with Crippen molar-refractivity contribution in [3.05, 3.63) is 42.1 Å². The zero-order valence-corrected chi connectivity index (χ0v) is 9.79. The van der Waals surface area contributed by atoms with Crippen molar-refractivity contribution in [1.29, 1.82) is 0 Å². The summed E-state index contributed by atoms with van der Waals surface area (Å²) in [5.74, 6) is 0.154. The molecule has 1 aromatic carbocycles. The second kappa shape index (κ2) is 4.06. The average Bonchev–Trinajstić information content (AvgIpc) is 3.00. The number of Topliss-reactive ketones (excluding diaryl/α,β-unsaturated/α-hetero) is 1. The molecule has 2 heterocycles. The molecule has 3 rings (SSSR count). The van der Waals surface area contributed by atoms with Crippen LogP contribution in [0.25, 0.3) is 10.9 Å². The second-order valence-corrected chi connectivity index (χ2v) is 4.02. The minimum Gasteiger partial charge on any atom is -0.290 e. The van der Waals surface area contributed by atoms with E-state index in [0.717, 1.165) is 16.6 Å². The SMILES string of the molecule is Cn1nc(CC(=O)c2ncn[nH]2)c2ccccc21. The summed E-state index contributed by atoms with van der Waals surface area (Å²) in [7, 11) is 1.87.